The highest BCUT2D eigenvalue weighted by molar-refractivity contribution is 9.09. The molecule has 0 fully saturated rings. The zero-order chi connectivity index (χ0) is 13.7. The lowest BCUT2D eigenvalue weighted by atomic mass is 10.1. The van der Waals surface area contributed by atoms with Crippen molar-refractivity contribution in [3.63, 3.8) is 0 Å². The lowest BCUT2D eigenvalue weighted by Gasteiger charge is -2.19. The molecule has 0 saturated heterocycles. The molecule has 0 bridgehead atoms. The van der Waals surface area contributed by atoms with Crippen molar-refractivity contribution in [2.45, 2.75) is 53.2 Å². The van der Waals surface area contributed by atoms with Gasteiger partial charge in [0.25, 0.3) is 0 Å². The summed E-state index contributed by atoms with van der Waals surface area (Å²) in [6.07, 6.45) is 0.881. The standard InChI is InChI=1S/C13H23BrClN3/c1-5-11-13(15)12(18(6-2)17-11)8-16-10(4)9(3)7-14/h9-10,16H,5-8H2,1-4H3. The van der Waals surface area contributed by atoms with Gasteiger partial charge >= 0.3 is 0 Å². The summed E-state index contributed by atoms with van der Waals surface area (Å²) in [7, 11) is 0. The van der Waals surface area contributed by atoms with Crippen molar-refractivity contribution in [3.8, 4) is 0 Å². The molecule has 0 radical (unpaired) electrons. The molecule has 1 rings (SSSR count). The van der Waals surface area contributed by atoms with Crippen LogP contribution in [0.25, 0.3) is 0 Å². The Hall–Kier alpha value is -0.0600. The molecular weight excluding hydrogens is 314 g/mol. The van der Waals surface area contributed by atoms with E-state index in [1.54, 1.807) is 0 Å². The fraction of sp³-hybridized carbons (Fsp3) is 0.769. The summed E-state index contributed by atoms with van der Waals surface area (Å²) in [4.78, 5) is 0. The topological polar surface area (TPSA) is 29.9 Å². The first-order valence-corrected chi connectivity index (χ1v) is 8.08. The largest absolute Gasteiger partial charge is 0.308 e. The highest BCUT2D eigenvalue weighted by Crippen LogP contribution is 2.21. The van der Waals surface area contributed by atoms with E-state index in [1.165, 1.54) is 0 Å². The fourth-order valence-corrected chi connectivity index (χ4v) is 2.68. The molecular formula is C13H23BrClN3. The van der Waals surface area contributed by atoms with Crippen LogP contribution in [0.2, 0.25) is 5.02 Å². The number of nitrogens with zero attached hydrogens (tertiary/aromatic N) is 2. The number of hydrogen-bond donors (Lipinski definition) is 1. The van der Waals surface area contributed by atoms with Crippen LogP contribution in [0.4, 0.5) is 0 Å². The van der Waals surface area contributed by atoms with Crippen LogP contribution in [0.15, 0.2) is 0 Å². The van der Waals surface area contributed by atoms with Crippen LogP contribution in [0, 0.1) is 5.92 Å². The zero-order valence-electron chi connectivity index (χ0n) is 11.6. The minimum atomic E-state index is 0.450. The maximum atomic E-state index is 6.37. The van der Waals surface area contributed by atoms with Gasteiger partial charge in [-0.25, -0.2) is 0 Å². The molecule has 0 aromatic carbocycles. The normalized spacial score (nSPS) is 14.8. The minimum absolute atomic E-state index is 0.450. The molecule has 0 saturated carbocycles. The van der Waals surface area contributed by atoms with Gasteiger partial charge in [-0.2, -0.15) is 5.10 Å². The lowest BCUT2D eigenvalue weighted by Crippen LogP contribution is -2.33. The number of halogens is 2. The van der Waals surface area contributed by atoms with E-state index in [0.29, 0.717) is 12.0 Å². The van der Waals surface area contributed by atoms with E-state index in [9.17, 15) is 0 Å². The molecule has 1 aromatic rings. The van der Waals surface area contributed by atoms with Crippen molar-refractivity contribution in [1.29, 1.82) is 0 Å². The third-order valence-electron chi connectivity index (χ3n) is 3.38. The molecule has 0 aliphatic heterocycles. The molecule has 2 unspecified atom stereocenters. The van der Waals surface area contributed by atoms with Crippen molar-refractivity contribution in [3.05, 3.63) is 16.4 Å². The Morgan fingerprint density at radius 2 is 2.06 bits per heavy atom. The Morgan fingerprint density at radius 3 is 2.56 bits per heavy atom. The Bertz CT molecular complexity index is 379. The van der Waals surface area contributed by atoms with Crippen molar-refractivity contribution in [2.24, 2.45) is 5.92 Å². The van der Waals surface area contributed by atoms with E-state index >= 15 is 0 Å². The summed E-state index contributed by atoms with van der Waals surface area (Å²) in [5, 5.41) is 9.88. The van der Waals surface area contributed by atoms with Crippen LogP contribution >= 0.6 is 27.5 Å². The van der Waals surface area contributed by atoms with Gasteiger partial charge < -0.3 is 5.32 Å². The fourth-order valence-electron chi connectivity index (χ4n) is 1.78. The van der Waals surface area contributed by atoms with Crippen LogP contribution in [0.5, 0.6) is 0 Å². The molecule has 0 aliphatic rings. The molecule has 1 aromatic heterocycles. The number of rotatable bonds is 7. The van der Waals surface area contributed by atoms with Gasteiger partial charge in [0.15, 0.2) is 0 Å². The summed E-state index contributed by atoms with van der Waals surface area (Å²) in [5.74, 6) is 0.590. The SMILES string of the molecule is CCc1nn(CC)c(CNC(C)C(C)CBr)c1Cl. The average molecular weight is 337 g/mol. The van der Waals surface area contributed by atoms with Crippen molar-refractivity contribution >= 4 is 27.5 Å². The van der Waals surface area contributed by atoms with Gasteiger partial charge in [-0.3, -0.25) is 4.68 Å². The van der Waals surface area contributed by atoms with E-state index in [0.717, 1.165) is 41.3 Å². The Morgan fingerprint density at radius 1 is 1.39 bits per heavy atom. The molecule has 3 nitrogen and oxygen atoms in total. The molecule has 0 aliphatic carbocycles. The smallest absolute Gasteiger partial charge is 0.0863 e. The second-order valence-electron chi connectivity index (χ2n) is 4.68. The second-order valence-corrected chi connectivity index (χ2v) is 5.70. The predicted molar refractivity (Wildman–Crippen MR) is 81.5 cm³/mol. The van der Waals surface area contributed by atoms with E-state index in [1.807, 2.05) is 4.68 Å². The van der Waals surface area contributed by atoms with Gasteiger partial charge in [0, 0.05) is 24.5 Å². The number of aryl methyl sites for hydroxylation is 2. The maximum Gasteiger partial charge on any atom is 0.0863 e. The van der Waals surface area contributed by atoms with Crippen molar-refractivity contribution in [2.75, 3.05) is 5.33 Å². The molecule has 104 valence electrons. The van der Waals surface area contributed by atoms with E-state index < -0.39 is 0 Å². The third kappa shape index (κ3) is 3.72. The minimum Gasteiger partial charge on any atom is -0.308 e. The van der Waals surface area contributed by atoms with Gasteiger partial charge in [-0.1, -0.05) is 41.4 Å². The molecule has 18 heavy (non-hydrogen) atoms. The van der Waals surface area contributed by atoms with Gasteiger partial charge in [0.05, 0.1) is 16.4 Å². The molecule has 5 heteroatoms. The average Bonchev–Trinajstić information content (AvgIpc) is 2.70. The summed E-state index contributed by atoms with van der Waals surface area (Å²) < 4.78 is 2.00. The first-order valence-electron chi connectivity index (χ1n) is 6.58. The van der Waals surface area contributed by atoms with E-state index in [4.69, 9.17) is 11.6 Å². The van der Waals surface area contributed by atoms with Crippen molar-refractivity contribution in [1.82, 2.24) is 15.1 Å². The molecule has 2 atom stereocenters. The van der Waals surface area contributed by atoms with Crippen molar-refractivity contribution < 1.29 is 0 Å². The van der Waals surface area contributed by atoms with Gasteiger partial charge in [0.1, 0.15) is 0 Å². The maximum absolute atomic E-state index is 6.37. The van der Waals surface area contributed by atoms with Gasteiger partial charge in [-0.05, 0) is 26.2 Å². The molecule has 0 amide bonds. The van der Waals surface area contributed by atoms with Crippen LogP contribution in [-0.4, -0.2) is 21.2 Å². The van der Waals surface area contributed by atoms with E-state index in [2.05, 4.69) is 54.0 Å². The number of hydrogen-bond acceptors (Lipinski definition) is 2. The van der Waals surface area contributed by atoms with Crippen LogP contribution in [-0.2, 0) is 19.5 Å². The zero-order valence-corrected chi connectivity index (χ0v) is 14.0. The first kappa shape index (κ1) is 16.0. The lowest BCUT2D eigenvalue weighted by molar-refractivity contribution is 0.423. The molecule has 1 heterocycles. The number of nitrogens with one attached hydrogen (secondary N) is 1. The summed E-state index contributed by atoms with van der Waals surface area (Å²) in [5.41, 5.74) is 2.10. The summed E-state index contributed by atoms with van der Waals surface area (Å²) >= 11 is 9.89. The summed E-state index contributed by atoms with van der Waals surface area (Å²) in [6, 6.07) is 0.450. The predicted octanol–water partition coefficient (Wildman–Crippen LogP) is 3.63. The van der Waals surface area contributed by atoms with E-state index in [-0.39, 0.29) is 0 Å². The number of aromatic nitrogens is 2. The monoisotopic (exact) mass is 335 g/mol. The highest BCUT2D eigenvalue weighted by Gasteiger charge is 2.16. The summed E-state index contributed by atoms with van der Waals surface area (Å²) in [6.45, 7) is 10.2. The Labute approximate surface area is 123 Å². The molecule has 1 N–H and O–H groups in total. The Balaban J connectivity index is 2.74. The first-order chi connectivity index (χ1) is 8.54. The van der Waals surface area contributed by atoms with Gasteiger partial charge in [-0.15, -0.1) is 0 Å². The molecule has 0 spiro atoms. The highest BCUT2D eigenvalue weighted by atomic mass is 79.9. The van der Waals surface area contributed by atoms with Gasteiger partial charge in [0.2, 0.25) is 0 Å². The number of alkyl halides is 1. The van der Waals surface area contributed by atoms with Crippen LogP contribution in [0.1, 0.15) is 39.1 Å². The quantitative estimate of drug-likeness (QED) is 0.771. The second kappa shape index (κ2) is 7.51. The third-order valence-corrected chi connectivity index (χ3v) is 4.84. The van der Waals surface area contributed by atoms with Crippen LogP contribution in [0.3, 0.4) is 0 Å². The Kier molecular flexibility index (Phi) is 6.67. The van der Waals surface area contributed by atoms with Crippen LogP contribution < -0.4 is 5.32 Å².